The van der Waals surface area contributed by atoms with E-state index in [0.29, 0.717) is 5.56 Å². The van der Waals surface area contributed by atoms with Crippen LogP contribution in [0.4, 0.5) is 4.39 Å². The maximum absolute atomic E-state index is 13.2. The average molecular weight is 231 g/mol. The van der Waals surface area contributed by atoms with E-state index in [-0.39, 0.29) is 0 Å². The number of fused-ring (bicyclic) bond motifs is 1. The van der Waals surface area contributed by atoms with Gasteiger partial charge in [0.15, 0.2) is 0 Å². The van der Waals surface area contributed by atoms with Crippen LogP contribution >= 0.6 is 0 Å². The Labute approximate surface area is 97.5 Å². The van der Waals surface area contributed by atoms with Gasteiger partial charge < -0.3 is 4.74 Å². The minimum Gasteiger partial charge on any atom is -0.464 e. The zero-order valence-corrected chi connectivity index (χ0v) is 9.18. The van der Waals surface area contributed by atoms with Crippen molar-refractivity contribution < 1.29 is 13.9 Å². The van der Waals surface area contributed by atoms with Crippen LogP contribution in [0.2, 0.25) is 0 Å². The second-order valence-electron chi connectivity index (χ2n) is 3.45. The molecule has 0 N–H and O–H groups in total. The second kappa shape index (κ2) is 4.74. The van der Waals surface area contributed by atoms with Crippen LogP contribution in [0.25, 0.3) is 17.0 Å². The first-order valence-corrected chi connectivity index (χ1v) is 5.01. The third kappa shape index (κ3) is 2.47. The highest BCUT2D eigenvalue weighted by molar-refractivity contribution is 5.91. The van der Waals surface area contributed by atoms with Crippen molar-refractivity contribution in [1.29, 1.82) is 0 Å². The Balaban J connectivity index is 2.40. The van der Waals surface area contributed by atoms with Crippen LogP contribution in [-0.2, 0) is 9.53 Å². The topological polar surface area (TPSA) is 39.2 Å². The van der Waals surface area contributed by atoms with E-state index >= 15 is 0 Å². The van der Waals surface area contributed by atoms with Crippen molar-refractivity contribution in [3.63, 3.8) is 0 Å². The molecule has 0 aliphatic rings. The number of rotatable bonds is 2. The van der Waals surface area contributed by atoms with Crippen LogP contribution in [0.5, 0.6) is 0 Å². The van der Waals surface area contributed by atoms with Gasteiger partial charge in [0, 0.05) is 11.6 Å². The van der Waals surface area contributed by atoms with E-state index in [2.05, 4.69) is 9.72 Å². The minimum absolute atomic E-state index is 0.520. The number of hydrogen-bond acceptors (Lipinski definition) is 3. The number of esters is 1. The summed E-state index contributed by atoms with van der Waals surface area (Å²) in [7, 11) is 1.13. The van der Waals surface area contributed by atoms with Gasteiger partial charge in [0.05, 0.1) is 12.6 Å². The number of carbonyl (C=O) groups is 1. The number of para-hydroxylation sites is 1. The van der Waals surface area contributed by atoms with E-state index in [1.54, 1.807) is 6.07 Å². The molecule has 0 atom stereocenters. The molecule has 3 nitrogen and oxygen atoms in total. The van der Waals surface area contributed by atoms with Crippen molar-refractivity contribution in [2.75, 3.05) is 7.11 Å². The number of methoxy groups -OCH3 is 1. The molecule has 2 rings (SSSR count). The van der Waals surface area contributed by atoms with E-state index in [1.807, 2.05) is 24.3 Å². The van der Waals surface area contributed by atoms with Crippen molar-refractivity contribution in [2.45, 2.75) is 0 Å². The summed E-state index contributed by atoms with van der Waals surface area (Å²) in [5.74, 6) is -1.93. The maximum Gasteiger partial charge on any atom is 0.366 e. The maximum atomic E-state index is 13.2. The number of halogens is 1. The molecule has 0 bridgehead atoms. The normalized spacial score (nSPS) is 11.5. The lowest BCUT2D eigenvalue weighted by molar-refractivity contribution is -0.137. The molecular formula is C13H10FNO2. The van der Waals surface area contributed by atoms with E-state index in [0.717, 1.165) is 24.1 Å². The third-order valence-electron chi connectivity index (χ3n) is 2.29. The van der Waals surface area contributed by atoms with Crippen molar-refractivity contribution in [3.05, 3.63) is 47.9 Å². The number of aromatic nitrogens is 1. The van der Waals surface area contributed by atoms with Crippen molar-refractivity contribution in [2.24, 2.45) is 0 Å². The number of pyridine rings is 1. The molecule has 1 aromatic heterocycles. The number of hydrogen-bond donors (Lipinski definition) is 0. The Morgan fingerprint density at radius 3 is 2.94 bits per heavy atom. The summed E-state index contributed by atoms with van der Waals surface area (Å²) in [5, 5.41) is 0.888. The van der Waals surface area contributed by atoms with Crippen molar-refractivity contribution in [1.82, 2.24) is 4.98 Å². The molecule has 0 radical (unpaired) electrons. The van der Waals surface area contributed by atoms with Gasteiger partial charge in [0.25, 0.3) is 0 Å². The summed E-state index contributed by atoms with van der Waals surface area (Å²) in [4.78, 5) is 15.0. The first kappa shape index (κ1) is 11.3. The summed E-state index contributed by atoms with van der Waals surface area (Å²) in [6, 6.07) is 9.23. The van der Waals surface area contributed by atoms with E-state index in [1.165, 1.54) is 6.20 Å². The van der Waals surface area contributed by atoms with E-state index in [9.17, 15) is 9.18 Å². The Morgan fingerprint density at radius 1 is 1.41 bits per heavy atom. The van der Waals surface area contributed by atoms with Crippen LogP contribution < -0.4 is 0 Å². The molecule has 1 heterocycles. The van der Waals surface area contributed by atoms with Crippen LogP contribution in [0.15, 0.2) is 42.4 Å². The van der Waals surface area contributed by atoms with Crippen LogP contribution in [-0.4, -0.2) is 18.1 Å². The van der Waals surface area contributed by atoms with E-state index in [4.69, 9.17) is 0 Å². The molecule has 0 saturated heterocycles. The molecule has 0 fully saturated rings. The minimum atomic E-state index is -0.988. The number of ether oxygens (including phenoxy) is 1. The zero-order valence-electron chi connectivity index (χ0n) is 9.18. The van der Waals surface area contributed by atoms with Crippen LogP contribution in [0.3, 0.4) is 0 Å². The van der Waals surface area contributed by atoms with Gasteiger partial charge in [-0.1, -0.05) is 18.2 Å². The summed E-state index contributed by atoms with van der Waals surface area (Å²) in [6.07, 6.45) is 2.61. The van der Waals surface area contributed by atoms with Gasteiger partial charge in [-0.2, -0.15) is 4.39 Å². The molecular weight excluding hydrogens is 221 g/mol. The second-order valence-corrected chi connectivity index (χ2v) is 3.45. The highest BCUT2D eigenvalue weighted by atomic mass is 19.1. The molecule has 0 spiro atoms. The quantitative estimate of drug-likeness (QED) is 0.589. The predicted octanol–water partition coefficient (Wildman–Crippen LogP) is 2.72. The average Bonchev–Trinajstić information content (AvgIpc) is 2.37. The molecule has 0 unspecified atom stereocenters. The summed E-state index contributed by atoms with van der Waals surface area (Å²) in [6.45, 7) is 0. The lowest BCUT2D eigenvalue weighted by Gasteiger charge is -1.99. The van der Waals surface area contributed by atoms with Gasteiger partial charge in [-0.15, -0.1) is 0 Å². The molecule has 86 valence electrons. The molecule has 0 aliphatic carbocycles. The molecule has 0 aliphatic heterocycles. The SMILES string of the molecule is COC(=O)/C(F)=C/c1cnc2ccccc2c1. The van der Waals surface area contributed by atoms with Gasteiger partial charge >= 0.3 is 5.97 Å². The van der Waals surface area contributed by atoms with Gasteiger partial charge in [0.1, 0.15) is 0 Å². The van der Waals surface area contributed by atoms with E-state index < -0.39 is 11.8 Å². The fraction of sp³-hybridized carbons (Fsp3) is 0.0769. The Morgan fingerprint density at radius 2 is 2.18 bits per heavy atom. The molecule has 1 aromatic carbocycles. The Kier molecular flexibility index (Phi) is 3.14. The predicted molar refractivity (Wildman–Crippen MR) is 62.8 cm³/mol. The van der Waals surface area contributed by atoms with Crippen molar-refractivity contribution >= 4 is 22.9 Å². The third-order valence-corrected chi connectivity index (χ3v) is 2.29. The Hall–Kier alpha value is -2.23. The fourth-order valence-electron chi connectivity index (χ4n) is 1.47. The number of nitrogens with zero attached hydrogens (tertiary/aromatic N) is 1. The molecule has 17 heavy (non-hydrogen) atoms. The zero-order chi connectivity index (χ0) is 12.3. The lowest BCUT2D eigenvalue weighted by atomic mass is 10.1. The monoisotopic (exact) mass is 231 g/mol. The first-order valence-electron chi connectivity index (χ1n) is 5.01. The smallest absolute Gasteiger partial charge is 0.366 e. The van der Waals surface area contributed by atoms with Gasteiger partial charge in [-0.3, -0.25) is 4.98 Å². The molecule has 0 amide bonds. The number of carbonyl (C=O) groups excluding carboxylic acids is 1. The highest BCUT2D eigenvalue weighted by Gasteiger charge is 2.08. The van der Waals surface area contributed by atoms with Crippen LogP contribution in [0, 0.1) is 0 Å². The molecule has 0 saturated carbocycles. The van der Waals surface area contributed by atoms with Gasteiger partial charge in [-0.05, 0) is 23.8 Å². The lowest BCUT2D eigenvalue weighted by Crippen LogP contribution is -1.99. The fourth-order valence-corrected chi connectivity index (χ4v) is 1.47. The summed E-state index contributed by atoms with van der Waals surface area (Å²) in [5.41, 5.74) is 1.34. The van der Waals surface area contributed by atoms with Crippen LogP contribution in [0.1, 0.15) is 5.56 Å². The molecule has 4 heteroatoms. The first-order chi connectivity index (χ1) is 8.20. The largest absolute Gasteiger partial charge is 0.464 e. The van der Waals surface area contributed by atoms with Crippen molar-refractivity contribution in [3.8, 4) is 0 Å². The highest BCUT2D eigenvalue weighted by Crippen LogP contribution is 2.15. The summed E-state index contributed by atoms with van der Waals surface area (Å²) >= 11 is 0. The Bertz CT molecular complexity index is 593. The molecule has 2 aromatic rings. The van der Waals surface area contributed by atoms with Gasteiger partial charge in [-0.25, -0.2) is 4.79 Å². The van der Waals surface area contributed by atoms with Gasteiger partial charge in [0.2, 0.25) is 5.83 Å². The standard InChI is InChI=1S/C13H10FNO2/c1-17-13(16)11(14)7-9-6-10-4-2-3-5-12(10)15-8-9/h2-8H,1H3/b11-7-. The number of benzene rings is 1. The summed E-state index contributed by atoms with van der Waals surface area (Å²) < 4.78 is 17.5.